The van der Waals surface area contributed by atoms with Crippen LogP contribution in [0.2, 0.25) is 0 Å². The van der Waals surface area contributed by atoms with Gasteiger partial charge in [0.05, 0.1) is 13.2 Å². The van der Waals surface area contributed by atoms with Crippen molar-refractivity contribution >= 4 is 17.2 Å². The van der Waals surface area contributed by atoms with Crippen molar-refractivity contribution in [1.29, 1.82) is 0 Å². The minimum Gasteiger partial charge on any atom is -0.493 e. The van der Waals surface area contributed by atoms with Gasteiger partial charge in [0.25, 0.3) is 0 Å². The van der Waals surface area contributed by atoms with E-state index in [0.29, 0.717) is 17.5 Å². The van der Waals surface area contributed by atoms with Crippen LogP contribution in [0, 0.1) is 0 Å². The summed E-state index contributed by atoms with van der Waals surface area (Å²) < 4.78 is 11.3. The first-order valence-electron chi connectivity index (χ1n) is 7.09. The number of hydrogen-bond acceptors (Lipinski definition) is 4. The van der Waals surface area contributed by atoms with Gasteiger partial charge in [0, 0.05) is 25.6 Å². The van der Waals surface area contributed by atoms with Crippen molar-refractivity contribution in [2.45, 2.75) is 18.4 Å². The first-order valence-corrected chi connectivity index (χ1v) is 7.50. The zero-order valence-electron chi connectivity index (χ0n) is 11.5. The van der Waals surface area contributed by atoms with Crippen LogP contribution in [-0.2, 0) is 4.74 Å². The number of benzene rings is 1. The molecule has 2 aliphatic heterocycles. The summed E-state index contributed by atoms with van der Waals surface area (Å²) in [7, 11) is 0. The van der Waals surface area contributed by atoms with Crippen LogP contribution in [0.15, 0.2) is 24.3 Å². The van der Waals surface area contributed by atoms with Gasteiger partial charge in [0.2, 0.25) is 0 Å². The largest absolute Gasteiger partial charge is 0.493 e. The summed E-state index contributed by atoms with van der Waals surface area (Å²) in [4.78, 5) is 2.86. The molecule has 20 heavy (non-hydrogen) atoms. The lowest BCUT2D eigenvalue weighted by atomic mass is 9.92. The maximum absolute atomic E-state index is 5.72. The predicted octanol–water partition coefficient (Wildman–Crippen LogP) is 1.54. The Bertz CT molecular complexity index is 495. The highest BCUT2D eigenvalue weighted by Crippen LogP contribution is 2.34. The normalized spacial score (nSPS) is 26.6. The van der Waals surface area contributed by atoms with Crippen LogP contribution < -0.4 is 10.5 Å². The van der Waals surface area contributed by atoms with E-state index < -0.39 is 0 Å². The number of thiocarbonyl (C=S) groups is 1. The van der Waals surface area contributed by atoms with E-state index in [0.717, 1.165) is 38.4 Å². The summed E-state index contributed by atoms with van der Waals surface area (Å²) in [6.07, 6.45) is 0.959. The molecule has 108 valence electrons. The highest BCUT2D eigenvalue weighted by Gasteiger charge is 2.27. The lowest BCUT2D eigenvalue weighted by Gasteiger charge is -2.36. The molecule has 2 aliphatic rings. The predicted molar refractivity (Wildman–Crippen MR) is 82.3 cm³/mol. The maximum Gasteiger partial charge on any atom is 0.122 e. The fraction of sp³-hybridized carbons (Fsp3) is 0.533. The molecule has 3 rings (SSSR count). The summed E-state index contributed by atoms with van der Waals surface area (Å²) in [6, 6.07) is 8.33. The maximum atomic E-state index is 5.72. The summed E-state index contributed by atoms with van der Waals surface area (Å²) in [5.41, 5.74) is 7.02. The molecule has 1 fully saturated rings. The molecule has 2 unspecified atom stereocenters. The van der Waals surface area contributed by atoms with Crippen LogP contribution in [-0.4, -0.2) is 48.8 Å². The molecule has 2 N–H and O–H groups in total. The SMILES string of the molecule is NC(=S)C1CN(CC2CCOc3ccccc32)CCO1. The number of fused-ring (bicyclic) bond motifs is 1. The van der Waals surface area contributed by atoms with Crippen LogP contribution in [0.5, 0.6) is 5.75 Å². The fourth-order valence-corrected chi connectivity index (χ4v) is 3.10. The number of ether oxygens (including phenoxy) is 2. The van der Waals surface area contributed by atoms with Gasteiger partial charge in [0.1, 0.15) is 16.8 Å². The van der Waals surface area contributed by atoms with Gasteiger partial charge in [-0.1, -0.05) is 30.4 Å². The number of nitrogens with two attached hydrogens (primary N) is 1. The number of hydrogen-bond donors (Lipinski definition) is 1. The average Bonchev–Trinajstić information content (AvgIpc) is 2.48. The molecule has 0 amide bonds. The molecular weight excluding hydrogens is 272 g/mol. The van der Waals surface area contributed by atoms with E-state index in [1.807, 2.05) is 6.07 Å². The topological polar surface area (TPSA) is 47.7 Å². The highest BCUT2D eigenvalue weighted by molar-refractivity contribution is 7.80. The van der Waals surface area contributed by atoms with E-state index in [9.17, 15) is 0 Å². The van der Waals surface area contributed by atoms with Crippen molar-refractivity contribution < 1.29 is 9.47 Å². The third kappa shape index (κ3) is 2.95. The molecule has 4 nitrogen and oxygen atoms in total. The molecule has 0 saturated carbocycles. The minimum atomic E-state index is -0.103. The van der Waals surface area contributed by atoms with Crippen LogP contribution in [0.3, 0.4) is 0 Å². The zero-order valence-corrected chi connectivity index (χ0v) is 12.3. The van der Waals surface area contributed by atoms with E-state index in [4.69, 9.17) is 27.4 Å². The van der Waals surface area contributed by atoms with E-state index in [1.165, 1.54) is 5.56 Å². The van der Waals surface area contributed by atoms with Crippen molar-refractivity contribution in [2.24, 2.45) is 5.73 Å². The van der Waals surface area contributed by atoms with Crippen molar-refractivity contribution in [3.05, 3.63) is 29.8 Å². The minimum absolute atomic E-state index is 0.103. The van der Waals surface area contributed by atoms with Gasteiger partial charge in [0.15, 0.2) is 0 Å². The van der Waals surface area contributed by atoms with Gasteiger partial charge in [-0.2, -0.15) is 0 Å². The fourth-order valence-electron chi connectivity index (χ4n) is 2.96. The Balaban J connectivity index is 1.68. The third-order valence-corrected chi connectivity index (χ3v) is 4.29. The molecule has 1 saturated heterocycles. The van der Waals surface area contributed by atoms with Gasteiger partial charge in [-0.3, -0.25) is 4.90 Å². The van der Waals surface area contributed by atoms with Gasteiger partial charge in [-0.05, 0) is 18.1 Å². The van der Waals surface area contributed by atoms with Gasteiger partial charge in [-0.15, -0.1) is 0 Å². The first kappa shape index (κ1) is 13.8. The molecule has 0 aliphatic carbocycles. The smallest absolute Gasteiger partial charge is 0.122 e. The van der Waals surface area contributed by atoms with E-state index in [-0.39, 0.29) is 6.10 Å². The monoisotopic (exact) mass is 292 g/mol. The molecule has 1 aromatic carbocycles. The number of nitrogens with zero attached hydrogens (tertiary/aromatic N) is 1. The molecule has 0 aromatic heterocycles. The molecule has 0 radical (unpaired) electrons. The standard InChI is InChI=1S/C15H20N2O2S/c16-15(20)14-10-17(6-8-19-14)9-11-5-7-18-13-4-2-1-3-12(11)13/h1-4,11,14H,5-10H2,(H2,16,20). The Morgan fingerprint density at radius 2 is 2.20 bits per heavy atom. The lowest BCUT2D eigenvalue weighted by Crippen LogP contribution is -2.49. The van der Waals surface area contributed by atoms with Gasteiger partial charge < -0.3 is 15.2 Å². The second kappa shape index (κ2) is 6.08. The Kier molecular flexibility index (Phi) is 4.19. The van der Waals surface area contributed by atoms with Crippen molar-refractivity contribution in [2.75, 3.05) is 32.8 Å². The number of morpholine rings is 1. The quantitative estimate of drug-likeness (QED) is 0.856. The lowest BCUT2D eigenvalue weighted by molar-refractivity contribution is 0.00354. The van der Waals surface area contributed by atoms with Crippen molar-refractivity contribution in [3.8, 4) is 5.75 Å². The molecular formula is C15H20N2O2S. The summed E-state index contributed by atoms with van der Waals surface area (Å²) >= 11 is 5.04. The summed E-state index contributed by atoms with van der Waals surface area (Å²) in [5.74, 6) is 1.55. The second-order valence-electron chi connectivity index (χ2n) is 5.39. The molecule has 2 atom stereocenters. The Hall–Kier alpha value is -1.17. The van der Waals surface area contributed by atoms with Gasteiger partial charge >= 0.3 is 0 Å². The first-order chi connectivity index (χ1) is 9.74. The second-order valence-corrected chi connectivity index (χ2v) is 5.86. The Labute approximate surface area is 124 Å². The molecule has 5 heteroatoms. The van der Waals surface area contributed by atoms with Crippen molar-refractivity contribution in [3.63, 3.8) is 0 Å². The van der Waals surface area contributed by atoms with Crippen LogP contribution in [0.1, 0.15) is 17.9 Å². The number of rotatable bonds is 3. The molecule has 2 heterocycles. The highest BCUT2D eigenvalue weighted by atomic mass is 32.1. The zero-order chi connectivity index (χ0) is 13.9. The van der Waals surface area contributed by atoms with E-state index in [2.05, 4.69) is 23.1 Å². The third-order valence-electron chi connectivity index (χ3n) is 4.03. The van der Waals surface area contributed by atoms with Crippen LogP contribution >= 0.6 is 12.2 Å². The summed E-state index contributed by atoms with van der Waals surface area (Å²) in [5, 5.41) is 0. The molecule has 1 aromatic rings. The van der Waals surface area contributed by atoms with Crippen LogP contribution in [0.25, 0.3) is 0 Å². The summed E-state index contributed by atoms with van der Waals surface area (Å²) in [6.45, 7) is 4.26. The molecule has 0 bridgehead atoms. The number of para-hydroxylation sites is 1. The Morgan fingerprint density at radius 1 is 1.35 bits per heavy atom. The van der Waals surface area contributed by atoms with Gasteiger partial charge in [-0.25, -0.2) is 0 Å². The van der Waals surface area contributed by atoms with E-state index in [1.54, 1.807) is 0 Å². The molecule has 0 spiro atoms. The van der Waals surface area contributed by atoms with E-state index >= 15 is 0 Å². The Morgan fingerprint density at radius 3 is 3.05 bits per heavy atom. The average molecular weight is 292 g/mol. The van der Waals surface area contributed by atoms with Crippen LogP contribution in [0.4, 0.5) is 0 Å². The van der Waals surface area contributed by atoms with Crippen molar-refractivity contribution in [1.82, 2.24) is 4.90 Å².